The number of aromatic nitrogens is 1. The van der Waals surface area contributed by atoms with Gasteiger partial charge in [0.15, 0.2) is 0 Å². The second-order valence-corrected chi connectivity index (χ2v) is 6.37. The van der Waals surface area contributed by atoms with E-state index in [1.165, 1.54) is 7.11 Å². The number of benzene rings is 2. The summed E-state index contributed by atoms with van der Waals surface area (Å²) in [6.07, 6.45) is 0. The molecule has 0 aliphatic carbocycles. The van der Waals surface area contributed by atoms with Crippen molar-refractivity contribution in [2.24, 2.45) is 0 Å². The van der Waals surface area contributed by atoms with Gasteiger partial charge in [-0.2, -0.15) is 5.26 Å². The van der Waals surface area contributed by atoms with Crippen LogP contribution in [0.2, 0.25) is 5.02 Å². The number of H-pyrrole nitrogens is 1. The Labute approximate surface area is 161 Å². The van der Waals surface area contributed by atoms with Crippen LogP contribution in [0.1, 0.15) is 16.7 Å². The molecule has 0 radical (unpaired) electrons. The topological polar surface area (TPSA) is 87.1 Å². The number of methoxy groups -OCH3 is 2. The average molecular weight is 384 g/mol. The summed E-state index contributed by atoms with van der Waals surface area (Å²) in [5.41, 5.74) is 2.44. The SMILES string of the molecule is COc1cc(C#N)ccc1CNCc1cc2cc(Cl)cc(OC)c2[nH]c1=O. The highest BCUT2D eigenvalue weighted by atomic mass is 35.5. The first-order valence-corrected chi connectivity index (χ1v) is 8.60. The van der Waals surface area contributed by atoms with E-state index in [-0.39, 0.29) is 5.56 Å². The molecular formula is C20H18ClN3O3. The van der Waals surface area contributed by atoms with Crippen LogP contribution in [0.25, 0.3) is 10.9 Å². The number of ether oxygens (including phenoxy) is 2. The first-order chi connectivity index (χ1) is 13.0. The van der Waals surface area contributed by atoms with Crippen LogP contribution < -0.4 is 20.3 Å². The maximum atomic E-state index is 12.4. The number of hydrogen-bond donors (Lipinski definition) is 2. The lowest BCUT2D eigenvalue weighted by Gasteiger charge is -2.11. The molecule has 0 bridgehead atoms. The van der Waals surface area contributed by atoms with E-state index in [0.717, 1.165) is 10.9 Å². The van der Waals surface area contributed by atoms with Gasteiger partial charge in [-0.05, 0) is 24.3 Å². The molecule has 0 fully saturated rings. The normalized spacial score (nSPS) is 10.6. The lowest BCUT2D eigenvalue weighted by molar-refractivity contribution is 0.407. The van der Waals surface area contributed by atoms with Crippen LogP contribution in [0.5, 0.6) is 11.5 Å². The molecule has 0 atom stereocenters. The van der Waals surface area contributed by atoms with Crippen molar-refractivity contribution >= 4 is 22.5 Å². The van der Waals surface area contributed by atoms with Gasteiger partial charge < -0.3 is 19.8 Å². The fraction of sp³-hybridized carbons (Fsp3) is 0.200. The molecule has 3 rings (SSSR count). The Morgan fingerprint density at radius 2 is 1.81 bits per heavy atom. The van der Waals surface area contributed by atoms with E-state index < -0.39 is 0 Å². The Kier molecular flexibility index (Phi) is 5.65. The minimum atomic E-state index is -0.192. The fourth-order valence-corrected chi connectivity index (χ4v) is 3.10. The fourth-order valence-electron chi connectivity index (χ4n) is 2.88. The molecule has 138 valence electrons. The molecule has 27 heavy (non-hydrogen) atoms. The second kappa shape index (κ2) is 8.12. The van der Waals surface area contributed by atoms with Gasteiger partial charge in [-0.15, -0.1) is 0 Å². The molecule has 1 aromatic heterocycles. The molecule has 0 saturated heterocycles. The standard InChI is InChI=1S/C20H18ClN3O3/c1-26-17-5-12(9-22)3-4-13(17)10-23-11-15-6-14-7-16(21)8-18(27-2)19(14)24-20(15)25/h3-8,23H,10-11H2,1-2H3,(H,24,25). The monoisotopic (exact) mass is 383 g/mol. The highest BCUT2D eigenvalue weighted by Crippen LogP contribution is 2.27. The van der Waals surface area contributed by atoms with Crippen LogP contribution in [0.3, 0.4) is 0 Å². The van der Waals surface area contributed by atoms with E-state index in [1.807, 2.05) is 6.07 Å². The molecule has 0 spiro atoms. The van der Waals surface area contributed by atoms with Gasteiger partial charge in [-0.25, -0.2) is 0 Å². The van der Waals surface area contributed by atoms with E-state index in [0.29, 0.717) is 46.3 Å². The minimum Gasteiger partial charge on any atom is -0.496 e. The van der Waals surface area contributed by atoms with Gasteiger partial charge in [-0.1, -0.05) is 17.7 Å². The Morgan fingerprint density at radius 3 is 2.52 bits per heavy atom. The molecule has 2 aromatic carbocycles. The van der Waals surface area contributed by atoms with Crippen LogP contribution >= 0.6 is 11.6 Å². The van der Waals surface area contributed by atoms with Crippen LogP contribution in [-0.4, -0.2) is 19.2 Å². The zero-order valence-electron chi connectivity index (χ0n) is 14.9. The van der Waals surface area contributed by atoms with E-state index in [9.17, 15) is 4.79 Å². The summed E-state index contributed by atoms with van der Waals surface area (Å²) in [7, 11) is 3.09. The molecule has 0 saturated carbocycles. The number of aromatic amines is 1. The van der Waals surface area contributed by atoms with Gasteiger partial charge in [0.05, 0.1) is 31.4 Å². The number of fused-ring (bicyclic) bond motifs is 1. The summed E-state index contributed by atoms with van der Waals surface area (Å²) in [5.74, 6) is 1.15. The summed E-state index contributed by atoms with van der Waals surface area (Å²) >= 11 is 6.11. The molecule has 1 heterocycles. The maximum Gasteiger partial charge on any atom is 0.253 e. The molecule has 6 nitrogen and oxygen atoms in total. The number of nitrogens with zero attached hydrogens (tertiary/aromatic N) is 1. The lowest BCUT2D eigenvalue weighted by atomic mass is 10.1. The maximum absolute atomic E-state index is 12.4. The third-order valence-electron chi connectivity index (χ3n) is 4.22. The predicted octanol–water partition coefficient (Wildman–Crippen LogP) is 3.36. The van der Waals surface area contributed by atoms with Crippen LogP contribution in [0.4, 0.5) is 0 Å². The van der Waals surface area contributed by atoms with Crippen molar-refractivity contribution in [3.05, 3.63) is 68.5 Å². The van der Waals surface area contributed by atoms with E-state index in [4.69, 9.17) is 26.3 Å². The number of rotatable bonds is 6. The van der Waals surface area contributed by atoms with Crippen molar-refractivity contribution < 1.29 is 9.47 Å². The third kappa shape index (κ3) is 4.05. The van der Waals surface area contributed by atoms with Gasteiger partial charge >= 0.3 is 0 Å². The summed E-state index contributed by atoms with van der Waals surface area (Å²) in [4.78, 5) is 15.2. The number of nitrogens with one attached hydrogen (secondary N) is 2. The summed E-state index contributed by atoms with van der Waals surface area (Å²) < 4.78 is 10.6. The van der Waals surface area contributed by atoms with E-state index >= 15 is 0 Å². The van der Waals surface area contributed by atoms with Gasteiger partial charge in [0.2, 0.25) is 0 Å². The van der Waals surface area contributed by atoms with Crippen LogP contribution in [0.15, 0.2) is 41.2 Å². The molecular weight excluding hydrogens is 366 g/mol. The van der Waals surface area contributed by atoms with Crippen molar-refractivity contribution in [3.8, 4) is 17.6 Å². The molecule has 0 amide bonds. The van der Waals surface area contributed by atoms with Gasteiger partial charge in [0.25, 0.3) is 5.56 Å². The Balaban J connectivity index is 1.81. The van der Waals surface area contributed by atoms with Crippen molar-refractivity contribution in [3.63, 3.8) is 0 Å². The van der Waals surface area contributed by atoms with E-state index in [2.05, 4.69) is 16.4 Å². The number of pyridine rings is 1. The third-order valence-corrected chi connectivity index (χ3v) is 4.44. The highest BCUT2D eigenvalue weighted by Gasteiger charge is 2.09. The van der Waals surface area contributed by atoms with Gasteiger partial charge in [0.1, 0.15) is 11.5 Å². The van der Waals surface area contributed by atoms with E-state index in [1.54, 1.807) is 37.4 Å². The Bertz CT molecular complexity index is 1090. The van der Waals surface area contributed by atoms with Crippen molar-refractivity contribution in [2.45, 2.75) is 13.1 Å². The van der Waals surface area contributed by atoms with Crippen LogP contribution in [-0.2, 0) is 13.1 Å². The van der Waals surface area contributed by atoms with Crippen molar-refractivity contribution in [2.75, 3.05) is 14.2 Å². The molecule has 7 heteroatoms. The molecule has 2 N–H and O–H groups in total. The Hall–Kier alpha value is -3.01. The largest absolute Gasteiger partial charge is 0.496 e. The molecule has 0 aliphatic rings. The number of nitriles is 1. The molecule has 0 aliphatic heterocycles. The first kappa shape index (κ1) is 18.8. The summed E-state index contributed by atoms with van der Waals surface area (Å²) in [6, 6.07) is 12.6. The summed E-state index contributed by atoms with van der Waals surface area (Å²) in [5, 5.41) is 13.5. The van der Waals surface area contributed by atoms with Crippen molar-refractivity contribution in [1.82, 2.24) is 10.3 Å². The quantitative estimate of drug-likeness (QED) is 0.681. The zero-order chi connectivity index (χ0) is 19.4. The highest BCUT2D eigenvalue weighted by molar-refractivity contribution is 6.31. The molecule has 0 unspecified atom stereocenters. The smallest absolute Gasteiger partial charge is 0.253 e. The number of hydrogen-bond acceptors (Lipinski definition) is 5. The lowest BCUT2D eigenvalue weighted by Crippen LogP contribution is -2.21. The van der Waals surface area contributed by atoms with Crippen molar-refractivity contribution in [1.29, 1.82) is 5.26 Å². The predicted molar refractivity (Wildman–Crippen MR) is 104 cm³/mol. The first-order valence-electron chi connectivity index (χ1n) is 8.23. The minimum absolute atomic E-state index is 0.192. The van der Waals surface area contributed by atoms with Gasteiger partial charge in [0, 0.05) is 40.7 Å². The summed E-state index contributed by atoms with van der Waals surface area (Å²) in [6.45, 7) is 0.856. The number of halogens is 1. The average Bonchev–Trinajstić information content (AvgIpc) is 2.68. The Morgan fingerprint density at radius 1 is 1.07 bits per heavy atom. The van der Waals surface area contributed by atoms with Gasteiger partial charge in [-0.3, -0.25) is 4.79 Å². The second-order valence-electron chi connectivity index (χ2n) is 5.94. The van der Waals surface area contributed by atoms with Crippen LogP contribution in [0, 0.1) is 11.3 Å². The zero-order valence-corrected chi connectivity index (χ0v) is 15.7. The molecule has 3 aromatic rings.